The van der Waals surface area contributed by atoms with Crippen molar-refractivity contribution in [3.63, 3.8) is 0 Å². The molecule has 0 bridgehead atoms. The number of tetrazole rings is 1. The first-order valence-corrected chi connectivity index (χ1v) is 10.0. The lowest BCUT2D eigenvalue weighted by Crippen LogP contribution is -2.32. The van der Waals surface area contributed by atoms with Gasteiger partial charge < -0.3 is 0 Å². The predicted molar refractivity (Wildman–Crippen MR) is 94.0 cm³/mol. The molecule has 1 N–H and O–H groups in total. The summed E-state index contributed by atoms with van der Waals surface area (Å²) in [5, 5.41) is 12.9. The first-order valence-electron chi connectivity index (χ1n) is 7.32. The van der Waals surface area contributed by atoms with Gasteiger partial charge in [0, 0.05) is 0 Å². The minimum Gasteiger partial charge on any atom is -0.268 e. The van der Waals surface area contributed by atoms with Crippen LogP contribution in [0.2, 0.25) is 5.02 Å². The van der Waals surface area contributed by atoms with E-state index in [1.165, 1.54) is 18.2 Å². The van der Waals surface area contributed by atoms with E-state index in [-0.39, 0.29) is 20.6 Å². The number of carbonyl (C=O) groups is 1. The molecule has 0 aliphatic carbocycles. The first-order chi connectivity index (χ1) is 12.5. The van der Waals surface area contributed by atoms with Gasteiger partial charge in [-0.05, 0) is 22.9 Å². The Kier molecular flexibility index (Phi) is 4.17. The molecule has 1 aliphatic rings. The number of hydrogen-bond donors (Lipinski definition) is 1. The molecule has 11 heteroatoms. The van der Waals surface area contributed by atoms with Gasteiger partial charge in [-0.3, -0.25) is 4.79 Å². The van der Waals surface area contributed by atoms with Gasteiger partial charge in [0.2, 0.25) is 5.16 Å². The molecule has 0 saturated carbocycles. The van der Waals surface area contributed by atoms with Gasteiger partial charge in [0.25, 0.3) is 15.9 Å². The molecule has 1 unspecified atom stereocenters. The Balaban J connectivity index is 1.87. The highest BCUT2D eigenvalue weighted by atomic mass is 35.5. The predicted octanol–water partition coefficient (Wildman–Crippen LogP) is 2.49. The van der Waals surface area contributed by atoms with Gasteiger partial charge in [0.1, 0.15) is 10.3 Å². The summed E-state index contributed by atoms with van der Waals surface area (Å²) in [4.78, 5) is 12.9. The second-order valence-corrected chi connectivity index (χ2v) is 8.53. The van der Waals surface area contributed by atoms with Crippen LogP contribution in [0.1, 0.15) is 21.3 Å². The van der Waals surface area contributed by atoms with E-state index in [9.17, 15) is 13.2 Å². The van der Waals surface area contributed by atoms with Gasteiger partial charge in [-0.15, -0.1) is 10.2 Å². The zero-order valence-electron chi connectivity index (χ0n) is 12.9. The van der Waals surface area contributed by atoms with Crippen molar-refractivity contribution in [3.8, 4) is 0 Å². The number of aromatic nitrogens is 4. The highest BCUT2D eigenvalue weighted by Crippen LogP contribution is 2.45. The van der Waals surface area contributed by atoms with Crippen LogP contribution in [-0.4, -0.2) is 39.3 Å². The average molecular weight is 408 g/mol. The van der Waals surface area contributed by atoms with Crippen LogP contribution in [-0.2, 0) is 10.0 Å². The highest BCUT2D eigenvalue weighted by Gasteiger charge is 2.47. The molecule has 3 aromatic rings. The third-order valence-corrected chi connectivity index (χ3v) is 7.10. The van der Waals surface area contributed by atoms with Gasteiger partial charge in [0.05, 0.1) is 10.6 Å². The normalized spacial score (nSPS) is 16.5. The van der Waals surface area contributed by atoms with Gasteiger partial charge in [-0.1, -0.05) is 59.8 Å². The van der Waals surface area contributed by atoms with Crippen LogP contribution in [0.5, 0.6) is 0 Å². The number of carbonyl (C=O) groups excluding carboxylic acids is 1. The summed E-state index contributed by atoms with van der Waals surface area (Å²) in [5.74, 6) is -0.685. The third kappa shape index (κ3) is 2.66. The fourth-order valence-corrected chi connectivity index (χ4v) is 5.90. The zero-order valence-corrected chi connectivity index (χ0v) is 15.3. The van der Waals surface area contributed by atoms with E-state index in [2.05, 4.69) is 20.6 Å². The Bertz CT molecular complexity index is 1070. The molecule has 0 fully saturated rings. The quantitative estimate of drug-likeness (QED) is 0.661. The lowest BCUT2D eigenvalue weighted by atomic mass is 10.2. The number of H-pyrrole nitrogens is 1. The number of hydrogen-bond acceptors (Lipinski definition) is 7. The summed E-state index contributed by atoms with van der Waals surface area (Å²) >= 11 is 7.09. The number of nitrogens with zero attached hydrogens (tertiary/aromatic N) is 4. The molecule has 2 heterocycles. The first kappa shape index (κ1) is 17.0. The molecule has 132 valence electrons. The molecule has 2 aromatic carbocycles. The van der Waals surface area contributed by atoms with Crippen molar-refractivity contribution in [2.75, 3.05) is 0 Å². The van der Waals surface area contributed by atoms with Crippen molar-refractivity contribution >= 4 is 39.3 Å². The topological polar surface area (TPSA) is 109 Å². The molecule has 0 radical (unpaired) electrons. The Labute approximate surface area is 157 Å². The highest BCUT2D eigenvalue weighted by molar-refractivity contribution is 8.00. The van der Waals surface area contributed by atoms with Crippen molar-refractivity contribution in [2.45, 2.75) is 15.4 Å². The van der Waals surface area contributed by atoms with Crippen LogP contribution < -0.4 is 0 Å². The zero-order chi connectivity index (χ0) is 18.3. The molecule has 1 amide bonds. The number of halogens is 1. The van der Waals surface area contributed by atoms with Gasteiger partial charge in [-0.25, -0.2) is 12.7 Å². The van der Waals surface area contributed by atoms with Crippen LogP contribution in [0.25, 0.3) is 0 Å². The summed E-state index contributed by atoms with van der Waals surface area (Å²) < 4.78 is 26.9. The summed E-state index contributed by atoms with van der Waals surface area (Å²) in [6.45, 7) is 0. The molecule has 1 atom stereocenters. The number of sulfonamides is 1. The number of benzene rings is 2. The van der Waals surface area contributed by atoms with E-state index >= 15 is 0 Å². The molecule has 4 rings (SSSR count). The Morgan fingerprint density at radius 3 is 2.54 bits per heavy atom. The third-order valence-electron chi connectivity index (χ3n) is 3.77. The summed E-state index contributed by atoms with van der Waals surface area (Å²) in [7, 11) is -4.08. The molecular formula is C15H10ClN5O3S2. The number of aromatic amines is 1. The molecule has 26 heavy (non-hydrogen) atoms. The van der Waals surface area contributed by atoms with Crippen LogP contribution >= 0.6 is 23.4 Å². The van der Waals surface area contributed by atoms with E-state index in [1.807, 2.05) is 0 Å². The van der Waals surface area contributed by atoms with Crippen LogP contribution in [0.4, 0.5) is 0 Å². The van der Waals surface area contributed by atoms with Crippen molar-refractivity contribution < 1.29 is 13.2 Å². The number of amides is 1. The number of rotatable bonds is 4. The molecule has 0 saturated heterocycles. The van der Waals surface area contributed by atoms with Crippen molar-refractivity contribution in [1.82, 2.24) is 24.9 Å². The fourth-order valence-electron chi connectivity index (χ4n) is 2.66. The smallest absolute Gasteiger partial charge is 0.268 e. The van der Waals surface area contributed by atoms with E-state index < -0.39 is 21.3 Å². The number of nitrogens with one attached hydrogen (secondary N) is 1. The molecule has 1 aromatic heterocycles. The lowest BCUT2D eigenvalue weighted by molar-refractivity contribution is 0.0862. The SMILES string of the molecule is O=C1c2c(Cl)cccc2S(=O)(=O)N1C(Sc1nn[nH]n1)c1ccccc1. The van der Waals surface area contributed by atoms with Gasteiger partial charge >= 0.3 is 0 Å². The van der Waals surface area contributed by atoms with E-state index in [4.69, 9.17) is 11.6 Å². The Morgan fingerprint density at radius 2 is 1.88 bits per heavy atom. The second kappa shape index (κ2) is 6.38. The van der Waals surface area contributed by atoms with Crippen LogP contribution in [0, 0.1) is 0 Å². The maximum absolute atomic E-state index is 13.1. The van der Waals surface area contributed by atoms with Gasteiger partial charge in [0.15, 0.2) is 0 Å². The standard InChI is InChI=1S/C15H10ClN5O3S2/c16-10-7-4-8-11-12(10)13(22)21(26(11,23)24)14(9-5-2-1-3-6-9)25-15-17-19-20-18-15/h1-8,14H,(H,17,18,19,20). The molecule has 1 aliphatic heterocycles. The molecule has 0 spiro atoms. The average Bonchev–Trinajstić information content (AvgIpc) is 3.20. The number of thioether (sulfide) groups is 1. The largest absolute Gasteiger partial charge is 0.271 e. The van der Waals surface area contributed by atoms with E-state index in [0.717, 1.165) is 16.1 Å². The summed E-state index contributed by atoms with van der Waals surface area (Å²) in [5.41, 5.74) is 0.576. The summed E-state index contributed by atoms with van der Waals surface area (Å²) in [6, 6.07) is 13.1. The second-order valence-electron chi connectivity index (χ2n) is 5.29. The molecular weight excluding hydrogens is 398 g/mol. The van der Waals surface area contributed by atoms with E-state index in [1.54, 1.807) is 30.3 Å². The van der Waals surface area contributed by atoms with E-state index in [0.29, 0.717) is 5.56 Å². The van der Waals surface area contributed by atoms with Crippen molar-refractivity contribution in [2.24, 2.45) is 0 Å². The van der Waals surface area contributed by atoms with Crippen molar-refractivity contribution in [3.05, 3.63) is 64.7 Å². The van der Waals surface area contributed by atoms with Crippen molar-refractivity contribution in [1.29, 1.82) is 0 Å². The minimum atomic E-state index is -4.08. The summed E-state index contributed by atoms with van der Waals surface area (Å²) in [6.07, 6.45) is 0. The lowest BCUT2D eigenvalue weighted by Gasteiger charge is -2.25. The fraction of sp³-hybridized carbons (Fsp3) is 0.0667. The monoisotopic (exact) mass is 407 g/mol. The van der Waals surface area contributed by atoms with Crippen LogP contribution in [0.15, 0.2) is 58.6 Å². The van der Waals surface area contributed by atoms with Gasteiger partial charge in [-0.2, -0.15) is 5.21 Å². The Hall–Kier alpha value is -2.43. The maximum Gasteiger partial charge on any atom is 0.271 e. The number of fused-ring (bicyclic) bond motifs is 1. The molecule has 8 nitrogen and oxygen atoms in total. The minimum absolute atomic E-state index is 0.0243. The van der Waals surface area contributed by atoms with Crippen LogP contribution in [0.3, 0.4) is 0 Å². The Morgan fingerprint density at radius 1 is 1.12 bits per heavy atom. The maximum atomic E-state index is 13.1.